The molecule has 0 heterocycles. The fourth-order valence-electron chi connectivity index (χ4n) is 1.47. The maximum absolute atomic E-state index is 10.8. The van der Waals surface area contributed by atoms with Crippen molar-refractivity contribution in [3.63, 3.8) is 0 Å². The Labute approximate surface area is 94.3 Å². The quantitative estimate of drug-likeness (QED) is 0.593. The Morgan fingerprint density at radius 3 is 2.75 bits per heavy atom. The van der Waals surface area contributed by atoms with Gasteiger partial charge in [-0.15, -0.1) is 0 Å². The van der Waals surface area contributed by atoms with Gasteiger partial charge in [-0.2, -0.15) is 0 Å². The molecule has 1 rings (SSSR count). The van der Waals surface area contributed by atoms with Crippen molar-refractivity contribution in [2.24, 2.45) is 0 Å². The molecule has 5 nitrogen and oxygen atoms in total. The molecule has 1 aromatic rings. The molecule has 0 unspecified atom stereocenters. The summed E-state index contributed by atoms with van der Waals surface area (Å²) in [5.41, 5.74) is 1.35. The largest absolute Gasteiger partial charge is 0.394 e. The Hall–Kier alpha value is -1.62. The van der Waals surface area contributed by atoms with Gasteiger partial charge in [-0.05, 0) is 18.9 Å². The van der Waals surface area contributed by atoms with E-state index in [4.69, 9.17) is 5.11 Å². The maximum Gasteiger partial charge on any atom is 0.292 e. The highest BCUT2D eigenvalue weighted by Gasteiger charge is 2.17. The summed E-state index contributed by atoms with van der Waals surface area (Å²) in [6.07, 6.45) is 0.710. The van der Waals surface area contributed by atoms with Crippen LogP contribution in [-0.4, -0.2) is 22.7 Å². The molecule has 88 valence electrons. The average molecular weight is 224 g/mol. The van der Waals surface area contributed by atoms with Gasteiger partial charge < -0.3 is 10.4 Å². The Kier molecular flexibility index (Phi) is 4.25. The Morgan fingerprint density at radius 1 is 1.56 bits per heavy atom. The number of nitrogens with zero attached hydrogens (tertiary/aromatic N) is 1. The fraction of sp³-hybridized carbons (Fsp3) is 0.455. The van der Waals surface area contributed by atoms with Gasteiger partial charge in [0, 0.05) is 12.1 Å². The molecule has 16 heavy (non-hydrogen) atoms. The monoisotopic (exact) mass is 224 g/mol. The van der Waals surface area contributed by atoms with Crippen LogP contribution in [0.3, 0.4) is 0 Å². The van der Waals surface area contributed by atoms with E-state index in [1.807, 2.05) is 6.92 Å². The summed E-state index contributed by atoms with van der Waals surface area (Å²) in [6, 6.07) is 4.76. The molecule has 1 aromatic carbocycles. The molecule has 1 atom stereocenters. The number of benzene rings is 1. The Balaban J connectivity index is 3.05. The zero-order chi connectivity index (χ0) is 12.1. The van der Waals surface area contributed by atoms with Gasteiger partial charge in [0.1, 0.15) is 5.69 Å². The number of hydrogen-bond acceptors (Lipinski definition) is 4. The molecule has 0 bridgehead atoms. The molecule has 5 heteroatoms. The van der Waals surface area contributed by atoms with E-state index in [-0.39, 0.29) is 18.3 Å². The number of anilines is 1. The SMILES string of the molecule is CC[C@H](CO)Nc1c(C)cccc1[N+](=O)[O-]. The molecule has 0 fully saturated rings. The van der Waals surface area contributed by atoms with Gasteiger partial charge in [0.05, 0.1) is 11.5 Å². The number of nitro benzene ring substituents is 1. The van der Waals surface area contributed by atoms with Crippen LogP contribution in [-0.2, 0) is 0 Å². The van der Waals surface area contributed by atoms with E-state index in [2.05, 4.69) is 5.32 Å². The molecule has 0 aliphatic rings. The lowest BCUT2D eigenvalue weighted by atomic mass is 10.1. The van der Waals surface area contributed by atoms with Gasteiger partial charge in [-0.25, -0.2) is 0 Å². The summed E-state index contributed by atoms with van der Waals surface area (Å²) in [4.78, 5) is 10.4. The molecule has 0 aliphatic carbocycles. The van der Waals surface area contributed by atoms with Crippen molar-refractivity contribution >= 4 is 11.4 Å². The average Bonchev–Trinajstić information content (AvgIpc) is 2.27. The summed E-state index contributed by atoms with van der Waals surface area (Å²) in [7, 11) is 0. The van der Waals surface area contributed by atoms with E-state index in [0.29, 0.717) is 12.1 Å². The van der Waals surface area contributed by atoms with E-state index >= 15 is 0 Å². The molecular formula is C11H16N2O3. The molecule has 0 radical (unpaired) electrons. The third-order valence-electron chi connectivity index (χ3n) is 2.51. The molecule has 0 spiro atoms. The molecule has 0 aliphatic heterocycles. The molecule has 0 saturated carbocycles. The first-order valence-electron chi connectivity index (χ1n) is 5.21. The van der Waals surface area contributed by atoms with Crippen LogP contribution in [0.1, 0.15) is 18.9 Å². The number of nitro groups is 1. The highest BCUT2D eigenvalue weighted by molar-refractivity contribution is 5.66. The van der Waals surface area contributed by atoms with Crippen LogP contribution in [0.25, 0.3) is 0 Å². The third kappa shape index (κ3) is 2.70. The van der Waals surface area contributed by atoms with Crippen molar-refractivity contribution in [2.45, 2.75) is 26.3 Å². The number of aliphatic hydroxyl groups excluding tert-OH is 1. The predicted molar refractivity (Wildman–Crippen MR) is 62.6 cm³/mol. The molecular weight excluding hydrogens is 208 g/mol. The minimum absolute atomic E-state index is 0.0397. The number of para-hydroxylation sites is 1. The van der Waals surface area contributed by atoms with Gasteiger partial charge in [0.25, 0.3) is 5.69 Å². The van der Waals surface area contributed by atoms with E-state index in [9.17, 15) is 10.1 Å². The number of aliphatic hydroxyl groups is 1. The second kappa shape index (κ2) is 5.46. The summed E-state index contributed by atoms with van der Waals surface area (Å²) in [6.45, 7) is 3.68. The lowest BCUT2D eigenvalue weighted by Gasteiger charge is -2.17. The Morgan fingerprint density at radius 2 is 2.25 bits per heavy atom. The van der Waals surface area contributed by atoms with Crippen molar-refractivity contribution in [3.8, 4) is 0 Å². The van der Waals surface area contributed by atoms with Gasteiger partial charge >= 0.3 is 0 Å². The fourth-order valence-corrected chi connectivity index (χ4v) is 1.47. The lowest BCUT2D eigenvalue weighted by Crippen LogP contribution is -2.23. The summed E-state index contributed by atoms with van der Waals surface area (Å²) in [5, 5.41) is 22.9. The van der Waals surface area contributed by atoms with Crippen molar-refractivity contribution < 1.29 is 10.0 Å². The number of nitrogens with one attached hydrogen (secondary N) is 1. The lowest BCUT2D eigenvalue weighted by molar-refractivity contribution is -0.384. The van der Waals surface area contributed by atoms with Gasteiger partial charge in [-0.1, -0.05) is 19.1 Å². The van der Waals surface area contributed by atoms with Crippen LogP contribution in [0.15, 0.2) is 18.2 Å². The zero-order valence-corrected chi connectivity index (χ0v) is 9.43. The van der Waals surface area contributed by atoms with E-state index in [1.54, 1.807) is 19.1 Å². The second-order valence-corrected chi connectivity index (χ2v) is 3.66. The van der Waals surface area contributed by atoms with Gasteiger partial charge in [-0.3, -0.25) is 10.1 Å². The summed E-state index contributed by atoms with van der Waals surface area (Å²) >= 11 is 0. The smallest absolute Gasteiger partial charge is 0.292 e. The number of hydrogen-bond donors (Lipinski definition) is 2. The van der Waals surface area contributed by atoms with Crippen molar-refractivity contribution in [1.82, 2.24) is 0 Å². The first-order chi connectivity index (χ1) is 7.60. The van der Waals surface area contributed by atoms with Crippen LogP contribution < -0.4 is 5.32 Å². The topological polar surface area (TPSA) is 75.4 Å². The maximum atomic E-state index is 10.8. The predicted octanol–water partition coefficient (Wildman–Crippen LogP) is 2.09. The molecule has 2 N–H and O–H groups in total. The van der Waals surface area contributed by atoms with Gasteiger partial charge in [0.15, 0.2) is 0 Å². The summed E-state index contributed by atoms with van der Waals surface area (Å²) in [5.74, 6) is 0. The summed E-state index contributed by atoms with van der Waals surface area (Å²) < 4.78 is 0. The van der Waals surface area contributed by atoms with Crippen LogP contribution in [0.4, 0.5) is 11.4 Å². The first-order valence-corrected chi connectivity index (χ1v) is 5.21. The van der Waals surface area contributed by atoms with Crippen LogP contribution >= 0.6 is 0 Å². The van der Waals surface area contributed by atoms with Gasteiger partial charge in [0.2, 0.25) is 0 Å². The zero-order valence-electron chi connectivity index (χ0n) is 9.43. The highest BCUT2D eigenvalue weighted by atomic mass is 16.6. The minimum atomic E-state index is -0.417. The number of rotatable bonds is 5. The van der Waals surface area contributed by atoms with Crippen molar-refractivity contribution in [2.75, 3.05) is 11.9 Å². The second-order valence-electron chi connectivity index (χ2n) is 3.66. The standard InChI is InChI=1S/C11H16N2O3/c1-3-9(7-14)12-11-8(2)5-4-6-10(11)13(15)16/h4-6,9,12,14H,3,7H2,1-2H3/t9-/m1/s1. The Bertz CT molecular complexity index is 375. The molecule has 0 amide bonds. The first kappa shape index (κ1) is 12.4. The molecule has 0 saturated heterocycles. The highest BCUT2D eigenvalue weighted by Crippen LogP contribution is 2.28. The van der Waals surface area contributed by atoms with Crippen molar-refractivity contribution in [1.29, 1.82) is 0 Å². The van der Waals surface area contributed by atoms with Crippen molar-refractivity contribution in [3.05, 3.63) is 33.9 Å². The third-order valence-corrected chi connectivity index (χ3v) is 2.51. The van der Waals surface area contributed by atoms with E-state index in [1.165, 1.54) is 6.07 Å². The minimum Gasteiger partial charge on any atom is -0.394 e. The van der Waals surface area contributed by atoms with Crippen LogP contribution in [0, 0.1) is 17.0 Å². The van der Waals surface area contributed by atoms with E-state index < -0.39 is 4.92 Å². The van der Waals surface area contributed by atoms with E-state index in [0.717, 1.165) is 5.56 Å². The van der Waals surface area contributed by atoms with Crippen LogP contribution in [0.5, 0.6) is 0 Å². The normalized spacial score (nSPS) is 12.2. The molecule has 0 aromatic heterocycles. The number of aryl methyl sites for hydroxylation is 1. The van der Waals surface area contributed by atoms with Crippen LogP contribution in [0.2, 0.25) is 0 Å².